The zero-order valence-corrected chi connectivity index (χ0v) is 13.5. The quantitative estimate of drug-likeness (QED) is 0.908. The first kappa shape index (κ1) is 15.0. The number of pyridine rings is 1. The van der Waals surface area contributed by atoms with Crippen LogP contribution in [0, 0.1) is 0 Å². The summed E-state index contributed by atoms with van der Waals surface area (Å²) in [6.07, 6.45) is 3.40. The van der Waals surface area contributed by atoms with E-state index < -0.39 is 0 Å². The first-order valence-electron chi connectivity index (χ1n) is 7.03. The van der Waals surface area contributed by atoms with Gasteiger partial charge in [-0.05, 0) is 29.8 Å². The number of ether oxygens (including phenoxy) is 1. The van der Waals surface area contributed by atoms with Crippen molar-refractivity contribution in [3.63, 3.8) is 0 Å². The van der Waals surface area contributed by atoms with Gasteiger partial charge in [0.1, 0.15) is 0 Å². The van der Waals surface area contributed by atoms with Gasteiger partial charge in [-0.1, -0.05) is 28.1 Å². The van der Waals surface area contributed by atoms with Crippen LogP contribution in [-0.4, -0.2) is 35.1 Å². The number of aromatic nitrogens is 1. The lowest BCUT2D eigenvalue weighted by Crippen LogP contribution is -2.56. The van der Waals surface area contributed by atoms with Crippen LogP contribution >= 0.6 is 15.9 Å². The lowest BCUT2D eigenvalue weighted by atomic mass is 10.2. The van der Waals surface area contributed by atoms with Crippen LogP contribution in [0.4, 0.5) is 10.5 Å². The zero-order valence-electron chi connectivity index (χ0n) is 11.9. The molecule has 3 rings (SSSR count). The van der Waals surface area contributed by atoms with Crippen LogP contribution in [0.1, 0.15) is 5.56 Å². The van der Waals surface area contributed by atoms with Crippen LogP contribution in [0.2, 0.25) is 0 Å². The maximum Gasteiger partial charge on any atom is 0.322 e. The van der Waals surface area contributed by atoms with Crippen molar-refractivity contribution < 1.29 is 9.53 Å². The molecule has 1 aliphatic rings. The van der Waals surface area contributed by atoms with Gasteiger partial charge in [0.2, 0.25) is 0 Å². The second kappa shape index (κ2) is 6.89. The molecular weight excluding hydrogens is 346 g/mol. The minimum atomic E-state index is -0.114. The highest BCUT2D eigenvalue weighted by Gasteiger charge is 2.31. The van der Waals surface area contributed by atoms with Gasteiger partial charge in [-0.2, -0.15) is 0 Å². The number of benzene rings is 1. The summed E-state index contributed by atoms with van der Waals surface area (Å²) in [4.78, 5) is 17.7. The highest BCUT2D eigenvalue weighted by molar-refractivity contribution is 9.10. The van der Waals surface area contributed by atoms with Crippen molar-refractivity contribution in [2.75, 3.05) is 18.4 Å². The summed E-state index contributed by atoms with van der Waals surface area (Å²) in [6, 6.07) is 11.5. The first-order valence-corrected chi connectivity index (χ1v) is 7.82. The van der Waals surface area contributed by atoms with E-state index in [1.54, 1.807) is 23.4 Å². The lowest BCUT2D eigenvalue weighted by molar-refractivity contribution is -0.0420. The van der Waals surface area contributed by atoms with E-state index in [1.807, 2.05) is 30.3 Å². The molecule has 22 heavy (non-hydrogen) atoms. The van der Waals surface area contributed by atoms with Gasteiger partial charge in [-0.25, -0.2) is 4.79 Å². The Labute approximate surface area is 137 Å². The standard InChI is InChI=1S/C16H16BrN3O2/c17-13-5-3-12(4-6-13)11-22-15-9-20(10-15)16(21)19-14-2-1-7-18-8-14/h1-8,15H,9-11H2,(H,19,21). The number of halogens is 1. The maximum absolute atomic E-state index is 12.0. The van der Waals surface area contributed by atoms with Gasteiger partial charge in [0, 0.05) is 10.7 Å². The molecule has 2 aromatic rings. The van der Waals surface area contributed by atoms with Gasteiger partial charge in [0.25, 0.3) is 0 Å². The van der Waals surface area contributed by atoms with E-state index in [2.05, 4.69) is 26.2 Å². The van der Waals surface area contributed by atoms with Crippen molar-refractivity contribution >= 4 is 27.6 Å². The second-order valence-corrected chi connectivity index (χ2v) is 6.05. The summed E-state index contributed by atoms with van der Waals surface area (Å²) in [7, 11) is 0. The maximum atomic E-state index is 12.0. The molecule has 0 spiro atoms. The number of anilines is 1. The lowest BCUT2D eigenvalue weighted by Gasteiger charge is -2.38. The highest BCUT2D eigenvalue weighted by atomic mass is 79.9. The van der Waals surface area contributed by atoms with Crippen molar-refractivity contribution in [3.8, 4) is 0 Å². The number of carbonyl (C=O) groups is 1. The predicted molar refractivity (Wildman–Crippen MR) is 87.5 cm³/mol. The van der Waals surface area contributed by atoms with Gasteiger partial charge in [-0.15, -0.1) is 0 Å². The number of amides is 2. The van der Waals surface area contributed by atoms with E-state index in [0.717, 1.165) is 10.0 Å². The molecule has 2 heterocycles. The van der Waals surface area contributed by atoms with Crippen molar-refractivity contribution in [2.45, 2.75) is 12.7 Å². The second-order valence-electron chi connectivity index (χ2n) is 5.14. The molecule has 1 aliphatic heterocycles. The largest absolute Gasteiger partial charge is 0.370 e. The molecule has 1 aromatic carbocycles. The molecular formula is C16H16BrN3O2. The topological polar surface area (TPSA) is 54.5 Å². The average Bonchev–Trinajstić information content (AvgIpc) is 2.48. The molecule has 0 saturated carbocycles. The number of hydrogen-bond acceptors (Lipinski definition) is 3. The Morgan fingerprint density at radius 1 is 1.32 bits per heavy atom. The molecule has 1 fully saturated rings. The molecule has 1 N–H and O–H groups in total. The number of urea groups is 1. The number of nitrogens with one attached hydrogen (secondary N) is 1. The smallest absolute Gasteiger partial charge is 0.322 e. The van der Waals surface area contributed by atoms with Crippen molar-refractivity contribution in [2.24, 2.45) is 0 Å². The number of rotatable bonds is 4. The molecule has 5 nitrogen and oxygen atoms in total. The third kappa shape index (κ3) is 3.84. The molecule has 1 saturated heterocycles. The fourth-order valence-corrected chi connectivity index (χ4v) is 2.41. The van der Waals surface area contributed by atoms with E-state index in [1.165, 1.54) is 0 Å². The number of carbonyl (C=O) groups excluding carboxylic acids is 1. The SMILES string of the molecule is O=C(Nc1cccnc1)N1CC(OCc2ccc(Br)cc2)C1. The molecule has 0 unspecified atom stereocenters. The van der Waals surface area contributed by atoms with Crippen LogP contribution in [0.5, 0.6) is 0 Å². The summed E-state index contributed by atoms with van der Waals surface area (Å²) in [5.74, 6) is 0. The van der Waals surface area contributed by atoms with Crippen LogP contribution in [0.3, 0.4) is 0 Å². The minimum absolute atomic E-state index is 0.100. The molecule has 0 atom stereocenters. The molecule has 0 bridgehead atoms. The van der Waals surface area contributed by atoms with Crippen molar-refractivity contribution in [1.29, 1.82) is 0 Å². The molecule has 0 aliphatic carbocycles. The van der Waals surface area contributed by atoms with Gasteiger partial charge in [0.05, 0.1) is 37.7 Å². The van der Waals surface area contributed by atoms with Crippen molar-refractivity contribution in [1.82, 2.24) is 9.88 Å². The third-order valence-electron chi connectivity index (χ3n) is 3.45. The molecule has 0 radical (unpaired) electrons. The van der Waals surface area contributed by atoms with E-state index in [9.17, 15) is 4.79 Å². The Morgan fingerprint density at radius 3 is 2.77 bits per heavy atom. The number of hydrogen-bond donors (Lipinski definition) is 1. The molecule has 1 aromatic heterocycles. The molecule has 6 heteroatoms. The first-order chi connectivity index (χ1) is 10.7. The zero-order chi connectivity index (χ0) is 15.4. The summed E-state index contributed by atoms with van der Waals surface area (Å²) in [6.45, 7) is 1.79. The van der Waals surface area contributed by atoms with Gasteiger partial charge < -0.3 is 15.0 Å². The van der Waals surface area contributed by atoms with Gasteiger partial charge in [-0.3, -0.25) is 4.98 Å². The van der Waals surface area contributed by atoms with E-state index in [0.29, 0.717) is 25.4 Å². The van der Waals surface area contributed by atoms with E-state index >= 15 is 0 Å². The third-order valence-corrected chi connectivity index (χ3v) is 3.98. The molecule has 2 amide bonds. The molecule has 114 valence electrons. The monoisotopic (exact) mass is 361 g/mol. The summed E-state index contributed by atoms with van der Waals surface area (Å²) >= 11 is 3.40. The normalized spacial score (nSPS) is 14.5. The Morgan fingerprint density at radius 2 is 2.09 bits per heavy atom. The van der Waals surface area contributed by atoms with Crippen LogP contribution < -0.4 is 5.32 Å². The van der Waals surface area contributed by atoms with E-state index in [-0.39, 0.29) is 12.1 Å². The Balaban J connectivity index is 1.40. The average molecular weight is 362 g/mol. The summed E-state index contributed by atoms with van der Waals surface area (Å²) in [5.41, 5.74) is 1.83. The summed E-state index contributed by atoms with van der Waals surface area (Å²) < 4.78 is 6.84. The van der Waals surface area contributed by atoms with Crippen LogP contribution in [0.25, 0.3) is 0 Å². The van der Waals surface area contributed by atoms with E-state index in [4.69, 9.17) is 4.74 Å². The predicted octanol–water partition coefficient (Wildman–Crippen LogP) is 3.28. The fourth-order valence-electron chi connectivity index (χ4n) is 2.14. The number of nitrogens with zero attached hydrogens (tertiary/aromatic N) is 2. The Kier molecular flexibility index (Phi) is 4.70. The van der Waals surface area contributed by atoms with Crippen molar-refractivity contribution in [3.05, 3.63) is 58.8 Å². The Bertz CT molecular complexity index is 628. The van der Waals surface area contributed by atoms with Gasteiger partial charge >= 0.3 is 6.03 Å². The van der Waals surface area contributed by atoms with Gasteiger partial charge in [0.15, 0.2) is 0 Å². The highest BCUT2D eigenvalue weighted by Crippen LogP contribution is 2.17. The van der Waals surface area contributed by atoms with Crippen LogP contribution in [-0.2, 0) is 11.3 Å². The number of likely N-dealkylation sites (tertiary alicyclic amines) is 1. The minimum Gasteiger partial charge on any atom is -0.370 e. The van der Waals surface area contributed by atoms with Crippen LogP contribution in [0.15, 0.2) is 53.3 Å². The Hall–Kier alpha value is -1.92. The fraction of sp³-hybridized carbons (Fsp3) is 0.250. The summed E-state index contributed by atoms with van der Waals surface area (Å²) in [5, 5.41) is 2.81.